The van der Waals surface area contributed by atoms with E-state index in [4.69, 9.17) is 4.74 Å². The van der Waals surface area contributed by atoms with Gasteiger partial charge in [0.15, 0.2) is 11.0 Å². The Kier molecular flexibility index (Phi) is 7.33. The molecule has 174 valence electrons. The Hall–Kier alpha value is -3.58. The summed E-state index contributed by atoms with van der Waals surface area (Å²) in [5.74, 6) is 2.06. The molecule has 6 nitrogen and oxygen atoms in total. The van der Waals surface area contributed by atoms with Crippen LogP contribution in [0.4, 0.5) is 5.69 Å². The molecule has 0 radical (unpaired) electrons. The molecule has 1 aromatic heterocycles. The van der Waals surface area contributed by atoms with E-state index in [1.807, 2.05) is 84.3 Å². The standard InChI is InChI=1S/C27H28N4O2S/c1-18(2)20-9-11-22(12-10-20)28-25(32)17-34-27-30-29-26(21-7-5-19(3)6-8-21)31(27)23-13-15-24(33-4)16-14-23/h5-16,18H,17H2,1-4H3,(H,28,32). The molecule has 34 heavy (non-hydrogen) atoms. The summed E-state index contributed by atoms with van der Waals surface area (Å²) >= 11 is 1.35. The molecule has 1 amide bonds. The van der Waals surface area contributed by atoms with Crippen molar-refractivity contribution in [2.75, 3.05) is 18.2 Å². The van der Waals surface area contributed by atoms with Crippen molar-refractivity contribution in [2.24, 2.45) is 0 Å². The van der Waals surface area contributed by atoms with Gasteiger partial charge in [0.05, 0.1) is 12.9 Å². The van der Waals surface area contributed by atoms with Gasteiger partial charge in [-0.1, -0.05) is 67.6 Å². The second kappa shape index (κ2) is 10.6. The summed E-state index contributed by atoms with van der Waals surface area (Å²) in [5.41, 5.74) is 5.05. The number of aromatic nitrogens is 3. The van der Waals surface area contributed by atoms with Crippen LogP contribution in [0, 0.1) is 6.92 Å². The summed E-state index contributed by atoms with van der Waals surface area (Å²) in [6, 6.07) is 23.8. The number of hydrogen-bond acceptors (Lipinski definition) is 5. The Morgan fingerprint density at radius 3 is 2.26 bits per heavy atom. The van der Waals surface area contributed by atoms with E-state index >= 15 is 0 Å². The van der Waals surface area contributed by atoms with Gasteiger partial charge >= 0.3 is 0 Å². The minimum Gasteiger partial charge on any atom is -0.497 e. The van der Waals surface area contributed by atoms with Crippen molar-refractivity contribution in [3.63, 3.8) is 0 Å². The van der Waals surface area contributed by atoms with Crippen LogP contribution in [-0.4, -0.2) is 33.5 Å². The molecule has 0 fully saturated rings. The van der Waals surface area contributed by atoms with E-state index in [9.17, 15) is 4.79 Å². The monoisotopic (exact) mass is 472 g/mol. The SMILES string of the molecule is COc1ccc(-n2c(SCC(=O)Nc3ccc(C(C)C)cc3)nnc2-c2ccc(C)cc2)cc1. The van der Waals surface area contributed by atoms with Crippen LogP contribution < -0.4 is 10.1 Å². The Labute approximate surface area is 204 Å². The molecule has 1 N–H and O–H groups in total. The summed E-state index contributed by atoms with van der Waals surface area (Å²) in [6.07, 6.45) is 0. The topological polar surface area (TPSA) is 69.0 Å². The van der Waals surface area contributed by atoms with E-state index in [1.165, 1.54) is 22.9 Å². The van der Waals surface area contributed by atoms with Crippen molar-refractivity contribution >= 4 is 23.4 Å². The first kappa shape index (κ1) is 23.6. The number of nitrogens with one attached hydrogen (secondary N) is 1. The zero-order valence-electron chi connectivity index (χ0n) is 19.8. The van der Waals surface area contributed by atoms with Gasteiger partial charge in [0.2, 0.25) is 5.91 Å². The molecule has 0 bridgehead atoms. The molecule has 4 rings (SSSR count). The number of hydrogen-bond donors (Lipinski definition) is 1. The first-order chi connectivity index (χ1) is 16.4. The third kappa shape index (κ3) is 5.48. The third-order valence-electron chi connectivity index (χ3n) is 5.47. The summed E-state index contributed by atoms with van der Waals surface area (Å²) in [6.45, 7) is 6.34. The van der Waals surface area contributed by atoms with Gasteiger partial charge in [0.1, 0.15) is 5.75 Å². The molecular weight excluding hydrogens is 444 g/mol. The van der Waals surface area contributed by atoms with Crippen LogP contribution >= 0.6 is 11.8 Å². The first-order valence-electron chi connectivity index (χ1n) is 11.1. The highest BCUT2D eigenvalue weighted by atomic mass is 32.2. The van der Waals surface area contributed by atoms with Gasteiger partial charge in [0.25, 0.3) is 0 Å². The molecule has 0 saturated carbocycles. The number of thioether (sulfide) groups is 1. The van der Waals surface area contributed by atoms with Gasteiger partial charge in [-0.05, 0) is 54.8 Å². The van der Waals surface area contributed by atoms with E-state index in [-0.39, 0.29) is 11.7 Å². The molecule has 0 aliphatic rings. The molecule has 0 spiro atoms. The number of benzene rings is 3. The van der Waals surface area contributed by atoms with Crippen LogP contribution in [0.5, 0.6) is 5.75 Å². The maximum absolute atomic E-state index is 12.6. The number of aryl methyl sites for hydroxylation is 1. The minimum atomic E-state index is -0.0940. The van der Waals surface area contributed by atoms with Crippen LogP contribution in [0.2, 0.25) is 0 Å². The lowest BCUT2D eigenvalue weighted by Gasteiger charge is -2.12. The quantitative estimate of drug-likeness (QED) is 0.314. The number of anilines is 1. The summed E-state index contributed by atoms with van der Waals surface area (Å²) < 4.78 is 7.27. The molecule has 3 aromatic carbocycles. The summed E-state index contributed by atoms with van der Waals surface area (Å²) in [7, 11) is 1.64. The lowest BCUT2D eigenvalue weighted by molar-refractivity contribution is -0.113. The second-order valence-electron chi connectivity index (χ2n) is 8.32. The first-order valence-corrected chi connectivity index (χ1v) is 12.1. The normalized spacial score (nSPS) is 11.0. The lowest BCUT2D eigenvalue weighted by atomic mass is 10.0. The van der Waals surface area contributed by atoms with Crippen molar-refractivity contribution in [3.05, 3.63) is 83.9 Å². The number of carbonyl (C=O) groups excluding carboxylic acids is 1. The maximum Gasteiger partial charge on any atom is 0.234 e. The number of methoxy groups -OCH3 is 1. The van der Waals surface area contributed by atoms with Gasteiger partial charge < -0.3 is 10.1 Å². The van der Waals surface area contributed by atoms with E-state index < -0.39 is 0 Å². The number of carbonyl (C=O) groups is 1. The molecular formula is C27H28N4O2S. The number of nitrogens with zero attached hydrogens (tertiary/aromatic N) is 3. The molecule has 0 aliphatic heterocycles. The lowest BCUT2D eigenvalue weighted by Crippen LogP contribution is -2.14. The fourth-order valence-corrected chi connectivity index (χ4v) is 4.25. The van der Waals surface area contributed by atoms with Crippen molar-refractivity contribution in [1.82, 2.24) is 14.8 Å². The number of amides is 1. The molecule has 7 heteroatoms. The van der Waals surface area contributed by atoms with Crippen molar-refractivity contribution < 1.29 is 9.53 Å². The highest BCUT2D eigenvalue weighted by Gasteiger charge is 2.17. The zero-order valence-corrected chi connectivity index (χ0v) is 20.6. The molecule has 0 saturated heterocycles. The molecule has 0 aliphatic carbocycles. The van der Waals surface area contributed by atoms with Gasteiger partial charge in [-0.3, -0.25) is 9.36 Å². The summed E-state index contributed by atoms with van der Waals surface area (Å²) in [5, 5.41) is 12.5. The smallest absolute Gasteiger partial charge is 0.234 e. The fraction of sp³-hybridized carbons (Fsp3) is 0.222. The van der Waals surface area contributed by atoms with Crippen LogP contribution in [0.25, 0.3) is 17.1 Å². The van der Waals surface area contributed by atoms with Gasteiger partial charge in [-0.15, -0.1) is 10.2 Å². The van der Waals surface area contributed by atoms with Crippen LogP contribution in [0.15, 0.2) is 78.0 Å². The molecule has 4 aromatic rings. The Morgan fingerprint density at radius 1 is 0.971 bits per heavy atom. The summed E-state index contributed by atoms with van der Waals surface area (Å²) in [4.78, 5) is 12.6. The molecule has 0 atom stereocenters. The predicted molar refractivity (Wildman–Crippen MR) is 138 cm³/mol. The van der Waals surface area contributed by atoms with Gasteiger partial charge in [-0.2, -0.15) is 0 Å². The average molecular weight is 473 g/mol. The fourth-order valence-electron chi connectivity index (χ4n) is 3.50. The van der Waals surface area contributed by atoms with E-state index in [1.54, 1.807) is 7.11 Å². The molecule has 0 unspecified atom stereocenters. The zero-order chi connectivity index (χ0) is 24.1. The highest BCUT2D eigenvalue weighted by molar-refractivity contribution is 7.99. The minimum absolute atomic E-state index is 0.0940. The van der Waals surface area contributed by atoms with Crippen molar-refractivity contribution in [3.8, 4) is 22.8 Å². The van der Waals surface area contributed by atoms with Crippen LogP contribution in [0.1, 0.15) is 30.9 Å². The maximum atomic E-state index is 12.6. The van der Waals surface area contributed by atoms with E-state index in [0.29, 0.717) is 11.1 Å². The van der Waals surface area contributed by atoms with E-state index in [2.05, 4.69) is 29.4 Å². The highest BCUT2D eigenvalue weighted by Crippen LogP contribution is 2.29. The third-order valence-corrected chi connectivity index (χ3v) is 6.40. The van der Waals surface area contributed by atoms with E-state index in [0.717, 1.165) is 28.5 Å². The average Bonchev–Trinajstić information content (AvgIpc) is 3.27. The second-order valence-corrected chi connectivity index (χ2v) is 9.26. The molecule has 1 heterocycles. The van der Waals surface area contributed by atoms with Crippen LogP contribution in [0.3, 0.4) is 0 Å². The Morgan fingerprint density at radius 2 is 1.65 bits per heavy atom. The number of rotatable bonds is 8. The van der Waals surface area contributed by atoms with Gasteiger partial charge in [-0.25, -0.2) is 0 Å². The largest absolute Gasteiger partial charge is 0.497 e. The van der Waals surface area contributed by atoms with Gasteiger partial charge in [0, 0.05) is 16.9 Å². The Balaban J connectivity index is 1.55. The van der Waals surface area contributed by atoms with Crippen molar-refractivity contribution in [1.29, 1.82) is 0 Å². The Bertz CT molecular complexity index is 1250. The number of ether oxygens (including phenoxy) is 1. The van der Waals surface area contributed by atoms with Crippen LogP contribution in [-0.2, 0) is 4.79 Å². The van der Waals surface area contributed by atoms with Crippen molar-refractivity contribution in [2.45, 2.75) is 31.8 Å². The predicted octanol–water partition coefficient (Wildman–Crippen LogP) is 6.11.